The minimum absolute atomic E-state index is 0.218. The van der Waals surface area contributed by atoms with Crippen LogP contribution in [0.2, 0.25) is 0 Å². The largest absolute Gasteiger partial charge is 0.489 e. The van der Waals surface area contributed by atoms with Gasteiger partial charge in [0.15, 0.2) is 0 Å². The molecular weight excluding hydrogens is 558 g/mol. The fraction of sp³-hybridized carbons (Fsp3) is 0.571. The van der Waals surface area contributed by atoms with E-state index in [1.807, 2.05) is 19.1 Å². The van der Waals surface area contributed by atoms with Crippen molar-refractivity contribution in [3.8, 4) is 5.75 Å². The van der Waals surface area contributed by atoms with Gasteiger partial charge in [-0.3, -0.25) is 9.69 Å². The van der Waals surface area contributed by atoms with Crippen LogP contribution in [0.25, 0.3) is 0 Å². The Kier molecular flexibility index (Phi) is 10.5. The zero-order valence-corrected chi connectivity index (χ0v) is 27.7. The SMILES string of the molecule is COC(=O)[C@@H](CC(=O)N1CCc2c1ccc(OCc1ccc(C3CCCCC3)c(N(C)C)c1)c2C)N(C)C(=O)OC(C)(C)C. The van der Waals surface area contributed by atoms with Gasteiger partial charge < -0.3 is 24.0 Å². The maximum Gasteiger partial charge on any atom is 0.410 e. The number of hydrogen-bond acceptors (Lipinski definition) is 7. The van der Waals surface area contributed by atoms with Crippen molar-refractivity contribution in [1.82, 2.24) is 4.90 Å². The van der Waals surface area contributed by atoms with Gasteiger partial charge in [-0.2, -0.15) is 0 Å². The summed E-state index contributed by atoms with van der Waals surface area (Å²) in [7, 11) is 6.89. The number of nitrogens with zero attached hydrogens (tertiary/aromatic N) is 3. The number of methoxy groups -OCH3 is 1. The van der Waals surface area contributed by atoms with E-state index < -0.39 is 23.7 Å². The van der Waals surface area contributed by atoms with Crippen LogP contribution in [0, 0.1) is 6.92 Å². The average Bonchev–Trinajstić information content (AvgIpc) is 3.43. The Labute approximate surface area is 262 Å². The van der Waals surface area contributed by atoms with Gasteiger partial charge in [0, 0.05) is 39.1 Å². The van der Waals surface area contributed by atoms with E-state index in [1.165, 1.54) is 57.5 Å². The average molecular weight is 608 g/mol. The number of carbonyl (C=O) groups is 3. The molecule has 240 valence electrons. The molecule has 2 aromatic rings. The molecule has 0 radical (unpaired) electrons. The first kappa shape index (κ1) is 33.1. The summed E-state index contributed by atoms with van der Waals surface area (Å²) in [6.45, 7) is 8.18. The third-order valence-electron chi connectivity index (χ3n) is 8.71. The van der Waals surface area contributed by atoms with Crippen LogP contribution in [0.15, 0.2) is 30.3 Å². The van der Waals surface area contributed by atoms with Crippen LogP contribution in [-0.2, 0) is 32.1 Å². The van der Waals surface area contributed by atoms with Gasteiger partial charge in [0.2, 0.25) is 5.91 Å². The van der Waals surface area contributed by atoms with Crippen LogP contribution < -0.4 is 14.5 Å². The Morgan fingerprint density at radius 1 is 1.02 bits per heavy atom. The third-order valence-corrected chi connectivity index (χ3v) is 8.71. The van der Waals surface area contributed by atoms with Crippen molar-refractivity contribution in [2.24, 2.45) is 0 Å². The van der Waals surface area contributed by atoms with Gasteiger partial charge in [0.25, 0.3) is 0 Å². The topological polar surface area (TPSA) is 88.6 Å². The number of carbonyl (C=O) groups excluding carboxylic acids is 3. The molecule has 0 bridgehead atoms. The third kappa shape index (κ3) is 7.66. The van der Waals surface area contributed by atoms with Crippen LogP contribution in [0.3, 0.4) is 0 Å². The Morgan fingerprint density at radius 2 is 1.73 bits per heavy atom. The maximum absolute atomic E-state index is 13.5. The molecule has 0 unspecified atom stereocenters. The highest BCUT2D eigenvalue weighted by Gasteiger charge is 2.36. The molecule has 9 nitrogen and oxygen atoms in total. The minimum atomic E-state index is -1.10. The molecule has 2 aliphatic rings. The monoisotopic (exact) mass is 607 g/mol. The highest BCUT2D eigenvalue weighted by molar-refractivity contribution is 5.99. The molecule has 0 N–H and O–H groups in total. The van der Waals surface area contributed by atoms with Crippen LogP contribution >= 0.6 is 0 Å². The zero-order chi connectivity index (χ0) is 32.2. The number of fused-ring (bicyclic) bond motifs is 1. The van der Waals surface area contributed by atoms with Gasteiger partial charge in [0.1, 0.15) is 24.0 Å². The van der Waals surface area contributed by atoms with E-state index in [4.69, 9.17) is 14.2 Å². The number of benzene rings is 2. The summed E-state index contributed by atoms with van der Waals surface area (Å²) in [5.41, 5.74) is 5.92. The van der Waals surface area contributed by atoms with Gasteiger partial charge in [-0.25, -0.2) is 9.59 Å². The molecule has 1 heterocycles. The second-order valence-electron chi connectivity index (χ2n) is 13.2. The lowest BCUT2D eigenvalue weighted by molar-refractivity contribution is -0.148. The van der Waals surface area contributed by atoms with Crippen molar-refractivity contribution in [3.05, 3.63) is 52.6 Å². The second kappa shape index (κ2) is 13.9. The molecule has 0 spiro atoms. The molecule has 4 rings (SSSR count). The highest BCUT2D eigenvalue weighted by atomic mass is 16.6. The number of amides is 2. The van der Waals surface area contributed by atoms with Gasteiger partial charge >= 0.3 is 12.1 Å². The van der Waals surface area contributed by atoms with E-state index in [9.17, 15) is 14.4 Å². The maximum atomic E-state index is 13.5. The van der Waals surface area contributed by atoms with Gasteiger partial charge in [-0.15, -0.1) is 0 Å². The van der Waals surface area contributed by atoms with Crippen molar-refractivity contribution < 1.29 is 28.6 Å². The van der Waals surface area contributed by atoms with Crippen LogP contribution in [0.4, 0.5) is 16.2 Å². The number of hydrogen-bond donors (Lipinski definition) is 0. The molecule has 0 saturated heterocycles. The fourth-order valence-electron chi connectivity index (χ4n) is 6.29. The molecule has 1 saturated carbocycles. The molecule has 1 atom stereocenters. The van der Waals surface area contributed by atoms with E-state index >= 15 is 0 Å². The molecule has 1 aliphatic carbocycles. The molecule has 2 amide bonds. The first-order chi connectivity index (χ1) is 20.8. The fourth-order valence-corrected chi connectivity index (χ4v) is 6.29. The van der Waals surface area contributed by atoms with Crippen molar-refractivity contribution in [2.75, 3.05) is 44.6 Å². The summed E-state index contributed by atoms with van der Waals surface area (Å²) in [4.78, 5) is 43.8. The van der Waals surface area contributed by atoms with E-state index in [1.54, 1.807) is 25.7 Å². The first-order valence-electron chi connectivity index (χ1n) is 15.7. The predicted octanol–water partition coefficient (Wildman–Crippen LogP) is 6.38. The smallest absolute Gasteiger partial charge is 0.410 e. The summed E-state index contributed by atoms with van der Waals surface area (Å²) in [5, 5.41) is 0. The predicted molar refractivity (Wildman–Crippen MR) is 173 cm³/mol. The van der Waals surface area contributed by atoms with Gasteiger partial charge in [-0.1, -0.05) is 31.4 Å². The Balaban J connectivity index is 1.46. The highest BCUT2D eigenvalue weighted by Crippen LogP contribution is 2.39. The summed E-state index contributed by atoms with van der Waals surface area (Å²) in [6.07, 6.45) is 6.23. The van der Waals surface area contributed by atoms with Crippen LogP contribution in [0.1, 0.15) is 87.5 Å². The van der Waals surface area contributed by atoms with E-state index in [2.05, 4.69) is 37.2 Å². The Bertz CT molecular complexity index is 1360. The van der Waals surface area contributed by atoms with Crippen LogP contribution in [0.5, 0.6) is 5.75 Å². The quantitative estimate of drug-likeness (QED) is 0.306. The molecule has 1 fully saturated rings. The molecule has 0 aromatic heterocycles. The molecule has 44 heavy (non-hydrogen) atoms. The van der Waals surface area contributed by atoms with E-state index in [0.29, 0.717) is 25.5 Å². The van der Waals surface area contributed by atoms with Gasteiger partial charge in [-0.05, 0) is 93.3 Å². The summed E-state index contributed by atoms with van der Waals surface area (Å²) >= 11 is 0. The molecule has 2 aromatic carbocycles. The normalized spacial score (nSPS) is 15.8. The minimum Gasteiger partial charge on any atom is -0.489 e. The standard InChI is InChI=1S/C35H49N3O6/c1-23-26-18-19-38(32(39)21-30(33(40)42-8)37(7)34(41)44-35(2,3)4)28(26)16-17-31(23)43-22-24-14-15-27(29(20-24)36(5)6)25-12-10-9-11-13-25/h14-17,20,25,30H,9-13,18-19,21-22H2,1-8H3/t30-/m1/s1. The van der Waals surface area contributed by atoms with Crippen molar-refractivity contribution >= 4 is 29.3 Å². The Morgan fingerprint density at radius 3 is 2.36 bits per heavy atom. The van der Waals surface area contributed by atoms with Gasteiger partial charge in [0.05, 0.1) is 13.5 Å². The number of anilines is 2. The van der Waals surface area contributed by atoms with Crippen LogP contribution in [-0.4, -0.2) is 69.3 Å². The number of likely N-dealkylation sites (N-methyl/N-ethyl adjacent to an activating group) is 1. The van der Waals surface area contributed by atoms with Crippen molar-refractivity contribution in [2.45, 2.75) is 96.8 Å². The lowest BCUT2D eigenvalue weighted by Gasteiger charge is -2.30. The number of rotatable bonds is 9. The van der Waals surface area contributed by atoms with Crippen molar-refractivity contribution in [1.29, 1.82) is 0 Å². The molecular formula is C35H49N3O6. The van der Waals surface area contributed by atoms with Crippen molar-refractivity contribution in [3.63, 3.8) is 0 Å². The summed E-state index contributed by atoms with van der Waals surface area (Å²) < 4.78 is 16.7. The number of esters is 1. The van der Waals surface area contributed by atoms with E-state index in [-0.39, 0.29) is 12.3 Å². The molecule has 1 aliphatic heterocycles. The lowest BCUT2D eigenvalue weighted by atomic mass is 9.83. The Hall–Kier alpha value is -3.75. The second-order valence-corrected chi connectivity index (χ2v) is 13.2. The van der Waals surface area contributed by atoms with E-state index in [0.717, 1.165) is 33.0 Å². The summed E-state index contributed by atoms with van der Waals surface area (Å²) in [6, 6.07) is 9.43. The zero-order valence-electron chi connectivity index (χ0n) is 27.7. The number of ether oxygens (including phenoxy) is 3. The first-order valence-corrected chi connectivity index (χ1v) is 15.7. The summed E-state index contributed by atoms with van der Waals surface area (Å²) in [5.74, 6) is 0.478. The molecule has 9 heteroatoms. The lowest BCUT2D eigenvalue weighted by Crippen LogP contribution is -2.48.